The van der Waals surface area contributed by atoms with Crippen molar-refractivity contribution in [2.24, 2.45) is 0 Å². The van der Waals surface area contributed by atoms with Gasteiger partial charge in [0.1, 0.15) is 0 Å². The summed E-state index contributed by atoms with van der Waals surface area (Å²) < 4.78 is 45.4. The maximum atomic E-state index is 12.8. The van der Waals surface area contributed by atoms with E-state index in [0.717, 1.165) is 23.8 Å². The van der Waals surface area contributed by atoms with Crippen LogP contribution in [-0.4, -0.2) is 19.7 Å². The maximum absolute atomic E-state index is 12.8. The van der Waals surface area contributed by atoms with Crippen LogP contribution in [-0.2, 0) is 18.5 Å². The van der Waals surface area contributed by atoms with Crippen LogP contribution in [0.4, 0.5) is 13.2 Å². The first-order valence-corrected chi connectivity index (χ1v) is 8.10. The van der Waals surface area contributed by atoms with Gasteiger partial charge in [0, 0.05) is 24.5 Å². The molecule has 24 heavy (non-hydrogen) atoms. The van der Waals surface area contributed by atoms with Crippen molar-refractivity contribution in [1.82, 2.24) is 19.7 Å². The van der Waals surface area contributed by atoms with E-state index < -0.39 is 11.7 Å². The predicted octanol–water partition coefficient (Wildman–Crippen LogP) is 4.26. The average molecular weight is 354 g/mol. The summed E-state index contributed by atoms with van der Waals surface area (Å²) in [6.07, 6.45) is -0.840. The molecule has 0 fully saturated rings. The van der Waals surface area contributed by atoms with Crippen LogP contribution in [0.5, 0.6) is 0 Å². The zero-order chi connectivity index (χ0) is 17.2. The summed E-state index contributed by atoms with van der Waals surface area (Å²) in [5.74, 6) is 0.858. The lowest BCUT2D eigenvalue weighted by Crippen LogP contribution is -2.04. The lowest BCUT2D eigenvalue weighted by molar-refractivity contribution is -0.137. The van der Waals surface area contributed by atoms with Gasteiger partial charge in [0.05, 0.1) is 11.3 Å². The standard InChI is InChI=1S/C15H13F3N4OS/c1-2-22-7-6-19-14(22)24-9-12-20-13(21-23-12)10-4-3-5-11(8-10)15(16,17)18/h3-8H,2,9H2,1H3. The summed E-state index contributed by atoms with van der Waals surface area (Å²) in [4.78, 5) is 8.37. The van der Waals surface area contributed by atoms with Crippen LogP contribution < -0.4 is 0 Å². The first-order chi connectivity index (χ1) is 11.5. The molecule has 1 aromatic carbocycles. The molecule has 5 nitrogen and oxygen atoms in total. The number of rotatable bonds is 5. The second-order valence-electron chi connectivity index (χ2n) is 4.87. The normalized spacial score (nSPS) is 11.8. The number of hydrogen-bond donors (Lipinski definition) is 0. The van der Waals surface area contributed by atoms with Gasteiger partial charge in [-0.25, -0.2) is 4.98 Å². The van der Waals surface area contributed by atoms with Gasteiger partial charge >= 0.3 is 6.18 Å². The predicted molar refractivity (Wildman–Crippen MR) is 82.2 cm³/mol. The van der Waals surface area contributed by atoms with Crippen LogP contribution >= 0.6 is 11.8 Å². The summed E-state index contributed by atoms with van der Waals surface area (Å²) in [5, 5.41) is 4.57. The summed E-state index contributed by atoms with van der Waals surface area (Å²) in [6.45, 7) is 2.80. The molecule has 126 valence electrons. The van der Waals surface area contributed by atoms with Gasteiger partial charge < -0.3 is 9.09 Å². The van der Waals surface area contributed by atoms with Crippen molar-refractivity contribution in [1.29, 1.82) is 0 Å². The third kappa shape index (κ3) is 3.61. The highest BCUT2D eigenvalue weighted by Gasteiger charge is 2.30. The molecule has 0 saturated heterocycles. The van der Waals surface area contributed by atoms with Crippen LogP contribution in [0.1, 0.15) is 18.4 Å². The van der Waals surface area contributed by atoms with E-state index in [2.05, 4.69) is 15.1 Å². The number of halogens is 3. The van der Waals surface area contributed by atoms with Crippen molar-refractivity contribution in [2.75, 3.05) is 0 Å². The van der Waals surface area contributed by atoms with Gasteiger partial charge in [0.15, 0.2) is 5.16 Å². The van der Waals surface area contributed by atoms with Gasteiger partial charge in [0.25, 0.3) is 0 Å². The molecule has 2 heterocycles. The van der Waals surface area contributed by atoms with Crippen LogP contribution in [0, 0.1) is 0 Å². The van der Waals surface area contributed by atoms with Crippen LogP contribution in [0.25, 0.3) is 11.4 Å². The first kappa shape index (κ1) is 16.6. The fourth-order valence-electron chi connectivity index (χ4n) is 2.07. The summed E-state index contributed by atoms with van der Waals surface area (Å²) >= 11 is 1.42. The van der Waals surface area contributed by atoms with E-state index in [-0.39, 0.29) is 11.4 Å². The van der Waals surface area contributed by atoms with Gasteiger partial charge in [0.2, 0.25) is 11.7 Å². The Hall–Kier alpha value is -2.29. The van der Waals surface area contributed by atoms with Crippen molar-refractivity contribution in [2.45, 2.75) is 30.6 Å². The molecular formula is C15H13F3N4OS. The highest BCUT2D eigenvalue weighted by molar-refractivity contribution is 7.98. The van der Waals surface area contributed by atoms with E-state index in [9.17, 15) is 13.2 Å². The van der Waals surface area contributed by atoms with Gasteiger partial charge in [-0.2, -0.15) is 18.2 Å². The van der Waals surface area contributed by atoms with Crippen LogP contribution in [0.2, 0.25) is 0 Å². The van der Waals surface area contributed by atoms with E-state index in [4.69, 9.17) is 4.52 Å². The number of hydrogen-bond acceptors (Lipinski definition) is 5. The summed E-state index contributed by atoms with van der Waals surface area (Å²) in [7, 11) is 0. The highest BCUT2D eigenvalue weighted by atomic mass is 32.2. The van der Waals surface area contributed by atoms with E-state index in [1.165, 1.54) is 23.9 Å². The minimum Gasteiger partial charge on any atom is -0.338 e. The Morgan fingerprint density at radius 2 is 2.12 bits per heavy atom. The molecular weight excluding hydrogens is 341 g/mol. The highest BCUT2D eigenvalue weighted by Crippen LogP contribution is 2.31. The summed E-state index contributed by atoms with van der Waals surface area (Å²) in [6, 6.07) is 4.85. The molecule has 0 aliphatic heterocycles. The maximum Gasteiger partial charge on any atom is 0.416 e. The third-order valence-electron chi connectivity index (χ3n) is 3.26. The van der Waals surface area contributed by atoms with Gasteiger partial charge in [-0.1, -0.05) is 29.1 Å². The molecule has 0 saturated carbocycles. The quantitative estimate of drug-likeness (QED) is 0.641. The Labute approximate surface area is 139 Å². The van der Waals surface area contributed by atoms with E-state index >= 15 is 0 Å². The molecule has 0 N–H and O–H groups in total. The first-order valence-electron chi connectivity index (χ1n) is 7.11. The molecule has 0 aliphatic carbocycles. The number of aryl methyl sites for hydroxylation is 1. The number of thioether (sulfide) groups is 1. The van der Waals surface area contributed by atoms with E-state index in [0.29, 0.717) is 11.6 Å². The van der Waals surface area contributed by atoms with Gasteiger partial charge in [-0.05, 0) is 19.1 Å². The average Bonchev–Trinajstić information content (AvgIpc) is 3.21. The fourth-order valence-corrected chi connectivity index (χ4v) is 2.93. The molecule has 0 aliphatic rings. The minimum absolute atomic E-state index is 0.135. The molecule has 0 spiro atoms. The Balaban J connectivity index is 1.74. The van der Waals surface area contributed by atoms with Crippen molar-refractivity contribution in [3.05, 3.63) is 48.1 Å². The largest absolute Gasteiger partial charge is 0.416 e. The van der Waals surface area contributed by atoms with Crippen molar-refractivity contribution in [3.8, 4) is 11.4 Å². The number of benzene rings is 1. The van der Waals surface area contributed by atoms with E-state index in [1.54, 1.807) is 6.20 Å². The number of nitrogens with zero attached hydrogens (tertiary/aromatic N) is 4. The molecule has 3 rings (SSSR count). The fraction of sp³-hybridized carbons (Fsp3) is 0.267. The molecule has 0 radical (unpaired) electrons. The Morgan fingerprint density at radius 3 is 2.88 bits per heavy atom. The van der Waals surface area contributed by atoms with Crippen LogP contribution in [0.15, 0.2) is 46.3 Å². The number of imidazole rings is 1. The van der Waals surface area contributed by atoms with Crippen LogP contribution in [0.3, 0.4) is 0 Å². The Bertz CT molecular complexity index is 828. The Kier molecular flexibility index (Phi) is 4.61. The molecule has 0 atom stereocenters. The minimum atomic E-state index is -4.41. The van der Waals surface area contributed by atoms with Crippen molar-refractivity contribution < 1.29 is 17.7 Å². The molecule has 0 unspecified atom stereocenters. The lowest BCUT2D eigenvalue weighted by Gasteiger charge is -2.06. The third-order valence-corrected chi connectivity index (χ3v) is 4.25. The van der Waals surface area contributed by atoms with Gasteiger partial charge in [-0.15, -0.1) is 0 Å². The molecule has 0 amide bonds. The molecule has 2 aromatic heterocycles. The van der Waals surface area contributed by atoms with Crippen molar-refractivity contribution >= 4 is 11.8 Å². The molecule has 9 heteroatoms. The SMILES string of the molecule is CCn1ccnc1SCc1nc(-c2cccc(C(F)(F)F)c2)no1. The van der Waals surface area contributed by atoms with E-state index in [1.807, 2.05) is 17.7 Å². The molecule has 0 bridgehead atoms. The number of aromatic nitrogens is 4. The zero-order valence-electron chi connectivity index (χ0n) is 12.6. The zero-order valence-corrected chi connectivity index (χ0v) is 13.4. The molecule has 3 aromatic rings. The smallest absolute Gasteiger partial charge is 0.338 e. The Morgan fingerprint density at radius 1 is 1.29 bits per heavy atom. The second-order valence-corrected chi connectivity index (χ2v) is 5.82. The monoisotopic (exact) mass is 354 g/mol. The van der Waals surface area contributed by atoms with Crippen molar-refractivity contribution in [3.63, 3.8) is 0 Å². The van der Waals surface area contributed by atoms with Gasteiger partial charge in [-0.3, -0.25) is 0 Å². The second kappa shape index (κ2) is 6.68. The summed E-state index contributed by atoms with van der Waals surface area (Å²) in [5.41, 5.74) is -0.481. The number of alkyl halides is 3. The topological polar surface area (TPSA) is 56.7 Å². The lowest BCUT2D eigenvalue weighted by atomic mass is 10.1.